The number of carbonyl (C=O) groups excluding carboxylic acids is 1. The second-order valence-corrected chi connectivity index (χ2v) is 4.55. The first-order chi connectivity index (χ1) is 7.84. The maximum Gasteiger partial charge on any atom is 0.306 e. The molecule has 1 aromatic carbocycles. The fraction of sp³-hybridized carbons (Fsp3) is 0.429. The van der Waals surface area contributed by atoms with Crippen LogP contribution in [0.4, 0.5) is 0 Å². The molecule has 0 radical (unpaired) electrons. The summed E-state index contributed by atoms with van der Waals surface area (Å²) in [6.45, 7) is 7.43. The Bertz CT molecular complexity index is 461. The minimum absolute atomic E-state index is 0.0542. The van der Waals surface area contributed by atoms with Crippen LogP contribution < -0.4 is 0 Å². The molecule has 0 saturated heterocycles. The van der Waals surface area contributed by atoms with Crippen LogP contribution in [0.1, 0.15) is 40.4 Å². The SMILES string of the molecule is Cc1ccc(C(=O)CC(C)C(=O)O)c(C)c1C. The van der Waals surface area contributed by atoms with Crippen LogP contribution >= 0.6 is 0 Å². The minimum atomic E-state index is -0.931. The summed E-state index contributed by atoms with van der Waals surface area (Å²) in [5.74, 6) is -1.66. The van der Waals surface area contributed by atoms with Crippen LogP contribution in [0, 0.1) is 26.7 Å². The van der Waals surface area contributed by atoms with Crippen molar-refractivity contribution in [1.82, 2.24) is 0 Å². The van der Waals surface area contributed by atoms with Gasteiger partial charge in [-0.1, -0.05) is 19.1 Å². The Labute approximate surface area is 101 Å². The monoisotopic (exact) mass is 234 g/mol. The summed E-state index contributed by atoms with van der Waals surface area (Å²) in [6.07, 6.45) is 0.0542. The highest BCUT2D eigenvalue weighted by atomic mass is 16.4. The van der Waals surface area contributed by atoms with E-state index in [1.165, 1.54) is 0 Å². The predicted octanol–water partition coefficient (Wildman–Crippen LogP) is 2.91. The summed E-state index contributed by atoms with van der Waals surface area (Å²) in [6, 6.07) is 3.69. The fourth-order valence-electron chi connectivity index (χ4n) is 1.73. The Kier molecular flexibility index (Phi) is 4.05. The number of hydrogen-bond acceptors (Lipinski definition) is 2. The molecule has 1 atom stereocenters. The van der Waals surface area contributed by atoms with E-state index >= 15 is 0 Å². The van der Waals surface area contributed by atoms with Crippen molar-refractivity contribution >= 4 is 11.8 Å². The summed E-state index contributed by atoms with van der Waals surface area (Å²) >= 11 is 0. The Hall–Kier alpha value is -1.64. The summed E-state index contributed by atoms with van der Waals surface area (Å²) in [4.78, 5) is 22.7. The third-order valence-electron chi connectivity index (χ3n) is 3.27. The zero-order valence-corrected chi connectivity index (χ0v) is 10.7. The van der Waals surface area contributed by atoms with Gasteiger partial charge in [0.25, 0.3) is 0 Å². The molecule has 1 N–H and O–H groups in total. The molecule has 0 amide bonds. The minimum Gasteiger partial charge on any atom is -0.481 e. The van der Waals surface area contributed by atoms with Crippen LogP contribution in [0.25, 0.3) is 0 Å². The van der Waals surface area contributed by atoms with Crippen molar-refractivity contribution in [3.05, 3.63) is 34.4 Å². The number of ketones is 1. The van der Waals surface area contributed by atoms with Crippen LogP contribution in [-0.2, 0) is 4.79 Å². The number of aliphatic carboxylic acids is 1. The molecule has 0 aliphatic rings. The number of hydrogen-bond donors (Lipinski definition) is 1. The average Bonchev–Trinajstić information content (AvgIpc) is 2.25. The molecule has 0 spiro atoms. The highest BCUT2D eigenvalue weighted by Gasteiger charge is 2.18. The van der Waals surface area contributed by atoms with E-state index < -0.39 is 11.9 Å². The van der Waals surface area contributed by atoms with Gasteiger partial charge in [-0.3, -0.25) is 9.59 Å². The Morgan fingerprint density at radius 1 is 1.18 bits per heavy atom. The van der Waals surface area contributed by atoms with Gasteiger partial charge in [0.05, 0.1) is 5.92 Å². The lowest BCUT2D eigenvalue weighted by Gasteiger charge is -2.11. The molecule has 1 aromatic rings. The van der Waals surface area contributed by atoms with Crippen LogP contribution in [-0.4, -0.2) is 16.9 Å². The topological polar surface area (TPSA) is 54.4 Å². The standard InChI is InChI=1S/C14H18O3/c1-8-5-6-12(11(4)10(8)3)13(15)7-9(2)14(16)17/h5-6,9H,7H2,1-4H3,(H,16,17). The Morgan fingerprint density at radius 3 is 2.29 bits per heavy atom. The molecule has 0 fully saturated rings. The molecular formula is C14H18O3. The van der Waals surface area contributed by atoms with Crippen LogP contribution in [0.15, 0.2) is 12.1 Å². The molecular weight excluding hydrogens is 216 g/mol. The van der Waals surface area contributed by atoms with Gasteiger partial charge < -0.3 is 5.11 Å². The highest BCUT2D eigenvalue weighted by molar-refractivity contribution is 5.99. The normalized spacial score (nSPS) is 12.2. The van der Waals surface area contributed by atoms with E-state index in [0.717, 1.165) is 16.7 Å². The van der Waals surface area contributed by atoms with Crippen molar-refractivity contribution in [2.75, 3.05) is 0 Å². The number of carboxylic acid groups (broad SMARTS) is 1. The second kappa shape index (κ2) is 5.13. The van der Waals surface area contributed by atoms with Gasteiger partial charge in [-0.15, -0.1) is 0 Å². The quantitative estimate of drug-likeness (QED) is 0.815. The molecule has 0 aliphatic heterocycles. The predicted molar refractivity (Wildman–Crippen MR) is 66.4 cm³/mol. The van der Waals surface area contributed by atoms with Crippen molar-refractivity contribution in [3.63, 3.8) is 0 Å². The Morgan fingerprint density at radius 2 is 1.76 bits per heavy atom. The lowest BCUT2D eigenvalue weighted by molar-refractivity contribution is -0.141. The van der Waals surface area contributed by atoms with E-state index in [-0.39, 0.29) is 12.2 Å². The van der Waals surface area contributed by atoms with E-state index in [4.69, 9.17) is 5.11 Å². The van der Waals surface area contributed by atoms with Crippen molar-refractivity contribution in [1.29, 1.82) is 0 Å². The maximum absolute atomic E-state index is 12.0. The molecule has 3 nitrogen and oxygen atoms in total. The molecule has 0 bridgehead atoms. The number of carbonyl (C=O) groups is 2. The van der Waals surface area contributed by atoms with Crippen molar-refractivity contribution in [2.45, 2.75) is 34.1 Å². The van der Waals surface area contributed by atoms with E-state index in [2.05, 4.69) is 0 Å². The molecule has 0 heterocycles. The van der Waals surface area contributed by atoms with Gasteiger partial charge in [0.15, 0.2) is 5.78 Å². The van der Waals surface area contributed by atoms with E-state index in [1.807, 2.05) is 26.8 Å². The first-order valence-electron chi connectivity index (χ1n) is 5.67. The second-order valence-electron chi connectivity index (χ2n) is 4.55. The molecule has 92 valence electrons. The molecule has 17 heavy (non-hydrogen) atoms. The molecule has 0 aromatic heterocycles. The molecule has 0 saturated carbocycles. The number of carboxylic acids is 1. The van der Waals surface area contributed by atoms with Crippen LogP contribution in [0.2, 0.25) is 0 Å². The molecule has 3 heteroatoms. The lowest BCUT2D eigenvalue weighted by Crippen LogP contribution is -2.15. The third kappa shape index (κ3) is 2.93. The van der Waals surface area contributed by atoms with Crippen LogP contribution in [0.3, 0.4) is 0 Å². The third-order valence-corrected chi connectivity index (χ3v) is 3.27. The van der Waals surface area contributed by atoms with Crippen molar-refractivity contribution < 1.29 is 14.7 Å². The summed E-state index contributed by atoms with van der Waals surface area (Å²) in [5.41, 5.74) is 3.83. The van der Waals surface area contributed by atoms with Gasteiger partial charge >= 0.3 is 5.97 Å². The largest absolute Gasteiger partial charge is 0.481 e. The maximum atomic E-state index is 12.0. The average molecular weight is 234 g/mol. The van der Waals surface area contributed by atoms with E-state index in [9.17, 15) is 9.59 Å². The number of benzene rings is 1. The zero-order valence-electron chi connectivity index (χ0n) is 10.7. The van der Waals surface area contributed by atoms with Gasteiger partial charge in [-0.05, 0) is 37.5 Å². The van der Waals surface area contributed by atoms with Gasteiger partial charge in [-0.25, -0.2) is 0 Å². The van der Waals surface area contributed by atoms with Crippen molar-refractivity contribution in [3.8, 4) is 0 Å². The molecule has 1 rings (SSSR count). The van der Waals surface area contributed by atoms with E-state index in [1.54, 1.807) is 13.0 Å². The Balaban J connectivity index is 2.98. The molecule has 0 aliphatic carbocycles. The lowest BCUT2D eigenvalue weighted by atomic mass is 9.92. The molecule has 1 unspecified atom stereocenters. The summed E-state index contributed by atoms with van der Waals surface area (Å²) in [5, 5.41) is 8.79. The van der Waals surface area contributed by atoms with Gasteiger partial charge in [0.1, 0.15) is 0 Å². The number of rotatable bonds is 4. The first kappa shape index (κ1) is 13.4. The number of Topliss-reactive ketones (excluding diaryl/α,β-unsaturated/α-hetero) is 1. The van der Waals surface area contributed by atoms with Gasteiger partial charge in [0, 0.05) is 12.0 Å². The fourth-order valence-corrected chi connectivity index (χ4v) is 1.73. The number of aryl methyl sites for hydroxylation is 1. The van der Waals surface area contributed by atoms with E-state index in [0.29, 0.717) is 5.56 Å². The van der Waals surface area contributed by atoms with Gasteiger partial charge in [0.2, 0.25) is 0 Å². The van der Waals surface area contributed by atoms with Crippen molar-refractivity contribution in [2.24, 2.45) is 5.92 Å². The highest BCUT2D eigenvalue weighted by Crippen LogP contribution is 2.20. The zero-order chi connectivity index (χ0) is 13.2. The smallest absolute Gasteiger partial charge is 0.306 e. The van der Waals surface area contributed by atoms with Crippen LogP contribution in [0.5, 0.6) is 0 Å². The summed E-state index contributed by atoms with van der Waals surface area (Å²) in [7, 11) is 0. The van der Waals surface area contributed by atoms with Gasteiger partial charge in [-0.2, -0.15) is 0 Å². The summed E-state index contributed by atoms with van der Waals surface area (Å²) < 4.78 is 0. The first-order valence-corrected chi connectivity index (χ1v) is 5.67.